The van der Waals surface area contributed by atoms with Crippen LogP contribution in [0.4, 0.5) is 4.79 Å². The summed E-state index contributed by atoms with van der Waals surface area (Å²) in [6.45, 7) is 0. The van der Waals surface area contributed by atoms with E-state index in [4.69, 9.17) is 0 Å². The van der Waals surface area contributed by atoms with E-state index in [0.717, 1.165) is 23.5 Å². The number of benzene rings is 1. The number of thioether (sulfide) groups is 1. The Balaban J connectivity index is 1.88. The van der Waals surface area contributed by atoms with Gasteiger partial charge in [-0.05, 0) is 17.7 Å². The minimum Gasteiger partial charge on any atom is -0.480 e. The molecule has 0 radical (unpaired) electrons. The van der Waals surface area contributed by atoms with Crippen molar-refractivity contribution in [3.05, 3.63) is 35.9 Å². The number of amides is 2. The largest absolute Gasteiger partial charge is 0.480 e. The molecule has 2 rings (SSSR count). The summed E-state index contributed by atoms with van der Waals surface area (Å²) < 4.78 is 0. The lowest BCUT2D eigenvalue weighted by Crippen LogP contribution is -2.49. The number of nitrogens with one attached hydrogen (secondary N) is 2. The zero-order valence-electron chi connectivity index (χ0n) is 11.0. The Labute approximate surface area is 122 Å². The van der Waals surface area contributed by atoms with E-state index < -0.39 is 18.0 Å². The maximum absolute atomic E-state index is 11.8. The average molecular weight is 294 g/mol. The summed E-state index contributed by atoms with van der Waals surface area (Å²) in [5.74, 6) is 0.908. The van der Waals surface area contributed by atoms with Gasteiger partial charge < -0.3 is 15.7 Å². The lowest BCUT2D eigenvalue weighted by molar-refractivity contribution is -0.139. The molecule has 1 saturated heterocycles. The molecule has 0 aromatic heterocycles. The molecule has 1 aromatic rings. The Morgan fingerprint density at radius 1 is 1.35 bits per heavy atom. The fourth-order valence-corrected chi connectivity index (χ4v) is 3.24. The van der Waals surface area contributed by atoms with Gasteiger partial charge in [0.05, 0.1) is 0 Å². The van der Waals surface area contributed by atoms with E-state index in [1.165, 1.54) is 0 Å². The van der Waals surface area contributed by atoms with Gasteiger partial charge in [-0.1, -0.05) is 30.3 Å². The summed E-state index contributed by atoms with van der Waals surface area (Å²) in [6, 6.07) is 8.11. The van der Waals surface area contributed by atoms with Crippen molar-refractivity contribution in [3.8, 4) is 0 Å². The van der Waals surface area contributed by atoms with E-state index in [-0.39, 0.29) is 12.5 Å². The number of carboxylic acid groups (broad SMARTS) is 1. The molecule has 2 atom stereocenters. The number of carbonyl (C=O) groups is 2. The quantitative estimate of drug-likeness (QED) is 0.769. The number of aliphatic carboxylic acids is 1. The number of hydrogen-bond donors (Lipinski definition) is 3. The van der Waals surface area contributed by atoms with Crippen LogP contribution in [-0.4, -0.2) is 40.7 Å². The van der Waals surface area contributed by atoms with Crippen molar-refractivity contribution in [2.75, 3.05) is 11.5 Å². The number of hydrogen-bond acceptors (Lipinski definition) is 3. The van der Waals surface area contributed by atoms with Crippen LogP contribution in [0.5, 0.6) is 0 Å². The second-order valence-corrected chi connectivity index (χ2v) is 5.91. The molecule has 1 aliphatic heterocycles. The van der Waals surface area contributed by atoms with E-state index in [1.807, 2.05) is 30.3 Å². The second kappa shape index (κ2) is 7.19. The molecular weight excluding hydrogens is 276 g/mol. The molecule has 1 aromatic carbocycles. The Hall–Kier alpha value is -1.69. The fraction of sp³-hybridized carbons (Fsp3) is 0.429. The van der Waals surface area contributed by atoms with Crippen LogP contribution in [0.25, 0.3) is 0 Å². The topological polar surface area (TPSA) is 78.4 Å². The number of rotatable bonds is 5. The van der Waals surface area contributed by atoms with Gasteiger partial charge in [0.25, 0.3) is 0 Å². The summed E-state index contributed by atoms with van der Waals surface area (Å²) in [6.07, 6.45) is 1.22. The third kappa shape index (κ3) is 4.45. The zero-order valence-corrected chi connectivity index (χ0v) is 11.9. The minimum atomic E-state index is -1.02. The molecular formula is C14H18N2O3S. The maximum atomic E-state index is 11.8. The number of urea groups is 1. The molecule has 2 amide bonds. The van der Waals surface area contributed by atoms with E-state index in [0.29, 0.717) is 0 Å². The Morgan fingerprint density at radius 2 is 2.10 bits per heavy atom. The SMILES string of the molecule is O=C(NC1CCSC1)NC(Cc1ccccc1)C(=O)O. The van der Waals surface area contributed by atoms with Crippen LogP contribution in [0.15, 0.2) is 30.3 Å². The fourth-order valence-electron chi connectivity index (χ4n) is 2.08. The molecule has 5 nitrogen and oxygen atoms in total. The zero-order chi connectivity index (χ0) is 14.4. The van der Waals surface area contributed by atoms with Crippen LogP contribution < -0.4 is 10.6 Å². The van der Waals surface area contributed by atoms with Crippen LogP contribution in [0.1, 0.15) is 12.0 Å². The Morgan fingerprint density at radius 3 is 2.70 bits per heavy atom. The molecule has 0 bridgehead atoms. The van der Waals surface area contributed by atoms with Gasteiger partial charge in [0.2, 0.25) is 0 Å². The van der Waals surface area contributed by atoms with Crippen molar-refractivity contribution in [1.82, 2.24) is 10.6 Å². The predicted molar refractivity (Wildman–Crippen MR) is 79.0 cm³/mol. The highest BCUT2D eigenvalue weighted by Gasteiger charge is 2.23. The first-order valence-electron chi connectivity index (χ1n) is 6.56. The van der Waals surface area contributed by atoms with Gasteiger partial charge in [-0.3, -0.25) is 0 Å². The van der Waals surface area contributed by atoms with Crippen molar-refractivity contribution < 1.29 is 14.7 Å². The number of carboxylic acids is 1. The lowest BCUT2D eigenvalue weighted by Gasteiger charge is -2.17. The predicted octanol–water partition coefficient (Wildman–Crippen LogP) is 1.49. The van der Waals surface area contributed by atoms with Crippen molar-refractivity contribution in [1.29, 1.82) is 0 Å². The van der Waals surface area contributed by atoms with E-state index >= 15 is 0 Å². The van der Waals surface area contributed by atoms with Crippen LogP contribution >= 0.6 is 11.8 Å². The molecule has 2 unspecified atom stereocenters. The molecule has 6 heteroatoms. The van der Waals surface area contributed by atoms with Crippen molar-refractivity contribution in [3.63, 3.8) is 0 Å². The summed E-state index contributed by atoms with van der Waals surface area (Å²) in [7, 11) is 0. The first-order chi connectivity index (χ1) is 9.65. The summed E-state index contributed by atoms with van der Waals surface area (Å²) in [5, 5.41) is 14.5. The van der Waals surface area contributed by atoms with Gasteiger partial charge in [-0.15, -0.1) is 0 Å². The molecule has 1 fully saturated rings. The van der Waals surface area contributed by atoms with Gasteiger partial charge >= 0.3 is 12.0 Å². The van der Waals surface area contributed by atoms with Gasteiger partial charge in [-0.25, -0.2) is 9.59 Å². The molecule has 108 valence electrons. The molecule has 0 aliphatic carbocycles. The van der Waals surface area contributed by atoms with E-state index in [9.17, 15) is 14.7 Å². The first kappa shape index (κ1) is 14.7. The van der Waals surface area contributed by atoms with Crippen LogP contribution in [0.2, 0.25) is 0 Å². The van der Waals surface area contributed by atoms with Crippen LogP contribution in [-0.2, 0) is 11.2 Å². The molecule has 1 heterocycles. The molecule has 0 saturated carbocycles. The highest BCUT2D eigenvalue weighted by molar-refractivity contribution is 7.99. The third-order valence-electron chi connectivity index (χ3n) is 3.15. The monoisotopic (exact) mass is 294 g/mol. The van der Waals surface area contributed by atoms with Gasteiger partial charge in [0.1, 0.15) is 6.04 Å². The second-order valence-electron chi connectivity index (χ2n) is 4.76. The highest BCUT2D eigenvalue weighted by Crippen LogP contribution is 2.16. The highest BCUT2D eigenvalue weighted by atomic mass is 32.2. The average Bonchev–Trinajstić information content (AvgIpc) is 2.92. The molecule has 1 aliphatic rings. The Kier molecular flexibility index (Phi) is 5.29. The molecule has 3 N–H and O–H groups in total. The van der Waals surface area contributed by atoms with Crippen LogP contribution in [0, 0.1) is 0 Å². The normalized spacial score (nSPS) is 19.3. The summed E-state index contributed by atoms with van der Waals surface area (Å²) in [5.41, 5.74) is 0.886. The third-order valence-corrected chi connectivity index (χ3v) is 4.31. The minimum absolute atomic E-state index is 0.145. The van der Waals surface area contributed by atoms with E-state index in [1.54, 1.807) is 11.8 Å². The lowest BCUT2D eigenvalue weighted by atomic mass is 10.1. The molecule has 0 spiro atoms. The van der Waals surface area contributed by atoms with Crippen LogP contribution in [0.3, 0.4) is 0 Å². The summed E-state index contributed by atoms with van der Waals surface area (Å²) >= 11 is 1.79. The van der Waals surface area contributed by atoms with Gasteiger partial charge in [-0.2, -0.15) is 11.8 Å². The van der Waals surface area contributed by atoms with Gasteiger partial charge in [0.15, 0.2) is 0 Å². The summed E-state index contributed by atoms with van der Waals surface area (Å²) in [4.78, 5) is 23.0. The first-order valence-corrected chi connectivity index (χ1v) is 7.72. The smallest absolute Gasteiger partial charge is 0.326 e. The standard InChI is InChI=1S/C14H18N2O3S/c17-13(18)12(8-10-4-2-1-3-5-10)16-14(19)15-11-6-7-20-9-11/h1-5,11-12H,6-9H2,(H,17,18)(H2,15,16,19). The maximum Gasteiger partial charge on any atom is 0.326 e. The molecule has 20 heavy (non-hydrogen) atoms. The van der Waals surface area contributed by atoms with Crippen molar-refractivity contribution in [2.24, 2.45) is 0 Å². The van der Waals surface area contributed by atoms with Gasteiger partial charge in [0, 0.05) is 18.2 Å². The number of carbonyl (C=O) groups excluding carboxylic acids is 1. The van der Waals surface area contributed by atoms with E-state index in [2.05, 4.69) is 10.6 Å². The Bertz CT molecular complexity index is 461. The van der Waals surface area contributed by atoms with Crippen molar-refractivity contribution in [2.45, 2.75) is 24.9 Å². The van der Waals surface area contributed by atoms with Crippen molar-refractivity contribution >= 4 is 23.8 Å².